The van der Waals surface area contributed by atoms with Crippen molar-refractivity contribution in [2.75, 3.05) is 23.7 Å². The van der Waals surface area contributed by atoms with Gasteiger partial charge < -0.3 is 21.1 Å². The van der Waals surface area contributed by atoms with E-state index in [1.54, 1.807) is 18.5 Å². The Morgan fingerprint density at radius 1 is 1.12 bits per heavy atom. The number of aromatic nitrogens is 1. The number of nitrogens with zero attached hydrogens (tertiary/aromatic N) is 2. The van der Waals surface area contributed by atoms with E-state index < -0.39 is 11.0 Å². The normalized spacial score (nSPS) is 12.2. The van der Waals surface area contributed by atoms with Crippen LogP contribution >= 0.6 is 22.6 Å². The molecule has 9 heteroatoms. The van der Waals surface area contributed by atoms with Gasteiger partial charge in [0.15, 0.2) is 5.82 Å². The number of rotatable bonds is 11. The maximum absolute atomic E-state index is 11.0. The summed E-state index contributed by atoms with van der Waals surface area (Å²) in [5, 5.41) is 30.5. The molecule has 0 aliphatic carbocycles. The van der Waals surface area contributed by atoms with E-state index in [0.717, 1.165) is 38.7 Å². The Balaban J connectivity index is 1.50. The average Bonchev–Trinajstić information content (AvgIpc) is 2.78. The van der Waals surface area contributed by atoms with Crippen molar-refractivity contribution in [1.29, 1.82) is 0 Å². The Morgan fingerprint density at radius 3 is 2.59 bits per heavy atom. The third-order valence-corrected chi connectivity index (χ3v) is 5.24. The first-order valence-electron chi connectivity index (χ1n) is 10.0. The highest BCUT2D eigenvalue weighted by atomic mass is 127. The van der Waals surface area contributed by atoms with E-state index in [-0.39, 0.29) is 5.82 Å². The molecule has 166 valence electrons. The summed E-state index contributed by atoms with van der Waals surface area (Å²) in [7, 11) is 0. The molecule has 0 radical (unpaired) electrons. The van der Waals surface area contributed by atoms with Crippen LogP contribution in [0.4, 0.5) is 11.4 Å². The highest BCUT2D eigenvalue weighted by Gasteiger charge is 2.07. The van der Waals surface area contributed by atoms with E-state index in [4.69, 9.17) is 0 Å². The molecule has 1 aromatic heterocycles. The lowest BCUT2D eigenvalue weighted by atomic mass is 10.1. The summed E-state index contributed by atoms with van der Waals surface area (Å²) in [5.41, 5.74) is 3.39. The van der Waals surface area contributed by atoms with E-state index in [2.05, 4.69) is 43.5 Å². The number of nitro groups is 1. The van der Waals surface area contributed by atoms with E-state index in [9.17, 15) is 15.2 Å². The zero-order chi connectivity index (χ0) is 22.8. The minimum absolute atomic E-state index is 0.274. The molecule has 0 aliphatic rings. The molecule has 1 heterocycles. The Bertz CT molecular complexity index is 1050. The fourth-order valence-corrected chi connectivity index (χ4v) is 3.54. The minimum Gasteiger partial charge on any atom is -0.387 e. The first-order valence-corrected chi connectivity index (χ1v) is 11.1. The summed E-state index contributed by atoms with van der Waals surface area (Å²) >= 11 is 2.19. The maximum Gasteiger partial charge on any atom is 0.274 e. The first-order chi connectivity index (χ1) is 15.5. The van der Waals surface area contributed by atoms with Gasteiger partial charge in [-0.1, -0.05) is 24.3 Å². The van der Waals surface area contributed by atoms with Crippen molar-refractivity contribution in [3.05, 3.63) is 110 Å². The van der Waals surface area contributed by atoms with Crippen LogP contribution in [-0.4, -0.2) is 28.1 Å². The van der Waals surface area contributed by atoms with E-state index in [0.29, 0.717) is 13.1 Å². The standard InChI is InChI=1S/C23H24IN5O3/c24-19-4-1-5-21(13-19)28-23(16-29(31)32)27-20-8-6-17(7-9-20)10-12-26-15-22(30)18-3-2-11-25-14-18/h1-9,11,13-14,16,22,26-28,30H,10,12,15H2/b23-16+/t22-/m0/s1. The Hall–Kier alpha value is -3.02. The van der Waals surface area contributed by atoms with Crippen molar-refractivity contribution in [3.63, 3.8) is 0 Å². The predicted molar refractivity (Wildman–Crippen MR) is 134 cm³/mol. The second kappa shape index (κ2) is 12.1. The fourth-order valence-electron chi connectivity index (χ4n) is 3.00. The van der Waals surface area contributed by atoms with Gasteiger partial charge in [0.1, 0.15) is 0 Å². The number of hydrogen-bond donors (Lipinski definition) is 4. The maximum atomic E-state index is 11.0. The summed E-state index contributed by atoms with van der Waals surface area (Å²) in [4.78, 5) is 14.5. The van der Waals surface area contributed by atoms with Gasteiger partial charge in [0.2, 0.25) is 0 Å². The number of anilines is 2. The van der Waals surface area contributed by atoms with Crippen LogP contribution < -0.4 is 16.0 Å². The van der Waals surface area contributed by atoms with Crippen LogP contribution in [0.5, 0.6) is 0 Å². The molecule has 3 rings (SSSR count). The van der Waals surface area contributed by atoms with Crippen molar-refractivity contribution in [2.24, 2.45) is 0 Å². The first kappa shape index (κ1) is 23.6. The zero-order valence-corrected chi connectivity index (χ0v) is 19.4. The lowest BCUT2D eigenvalue weighted by Gasteiger charge is -2.13. The molecule has 0 unspecified atom stereocenters. The van der Waals surface area contributed by atoms with Crippen LogP contribution in [0.15, 0.2) is 85.1 Å². The monoisotopic (exact) mass is 545 g/mol. The van der Waals surface area contributed by atoms with E-state index >= 15 is 0 Å². The third-order valence-electron chi connectivity index (χ3n) is 4.57. The van der Waals surface area contributed by atoms with Gasteiger partial charge in [-0.2, -0.15) is 0 Å². The lowest BCUT2D eigenvalue weighted by molar-refractivity contribution is -0.403. The van der Waals surface area contributed by atoms with Crippen molar-refractivity contribution in [3.8, 4) is 0 Å². The predicted octanol–water partition coefficient (Wildman–Crippen LogP) is 4.15. The van der Waals surface area contributed by atoms with Crippen molar-refractivity contribution < 1.29 is 10.0 Å². The minimum atomic E-state index is -0.595. The molecule has 0 saturated carbocycles. The molecule has 0 saturated heterocycles. The molecule has 3 aromatic rings. The molecule has 0 bridgehead atoms. The highest BCUT2D eigenvalue weighted by molar-refractivity contribution is 14.1. The van der Waals surface area contributed by atoms with E-state index in [1.807, 2.05) is 54.6 Å². The molecule has 0 spiro atoms. The molecule has 1 atom stereocenters. The van der Waals surface area contributed by atoms with Gasteiger partial charge in [-0.15, -0.1) is 0 Å². The topological polar surface area (TPSA) is 112 Å². The SMILES string of the molecule is O=[N+]([O-])/C=C(\Nc1ccc(CCNC[C@H](O)c2cccnc2)cc1)Nc1cccc(I)c1. The summed E-state index contributed by atoms with van der Waals surface area (Å²) in [6, 6.07) is 18.9. The second-order valence-corrected chi connectivity index (χ2v) is 8.29. The van der Waals surface area contributed by atoms with Gasteiger partial charge in [-0.05, 0) is 77.5 Å². The number of hydrogen-bond acceptors (Lipinski definition) is 7. The fraction of sp³-hybridized carbons (Fsp3) is 0.174. The Labute approximate surface area is 200 Å². The number of pyridine rings is 1. The van der Waals surface area contributed by atoms with Crippen LogP contribution in [0.3, 0.4) is 0 Å². The van der Waals surface area contributed by atoms with Gasteiger partial charge in [-0.25, -0.2) is 0 Å². The smallest absolute Gasteiger partial charge is 0.274 e. The number of aliphatic hydroxyl groups excluding tert-OH is 1. The van der Waals surface area contributed by atoms with Crippen molar-refractivity contribution in [1.82, 2.24) is 10.3 Å². The zero-order valence-electron chi connectivity index (χ0n) is 17.2. The average molecular weight is 545 g/mol. The lowest BCUT2D eigenvalue weighted by Crippen LogP contribution is -2.23. The van der Waals surface area contributed by atoms with E-state index in [1.165, 1.54) is 0 Å². The molecule has 32 heavy (non-hydrogen) atoms. The van der Waals surface area contributed by atoms with Crippen LogP contribution in [0.25, 0.3) is 0 Å². The Morgan fingerprint density at radius 2 is 1.91 bits per heavy atom. The number of nitrogens with one attached hydrogen (secondary N) is 3. The molecule has 4 N–H and O–H groups in total. The number of halogens is 1. The molecular formula is C23H24IN5O3. The van der Waals surface area contributed by atoms with Crippen LogP contribution in [0.2, 0.25) is 0 Å². The van der Waals surface area contributed by atoms with Gasteiger partial charge in [0, 0.05) is 39.4 Å². The molecule has 0 aliphatic heterocycles. The van der Waals surface area contributed by atoms with Gasteiger partial charge >= 0.3 is 0 Å². The number of aliphatic hydroxyl groups is 1. The second-order valence-electron chi connectivity index (χ2n) is 7.04. The van der Waals surface area contributed by atoms with Crippen molar-refractivity contribution in [2.45, 2.75) is 12.5 Å². The summed E-state index contributed by atoms with van der Waals surface area (Å²) in [6.07, 6.45) is 4.44. The van der Waals surface area contributed by atoms with Crippen LogP contribution in [0.1, 0.15) is 17.2 Å². The summed E-state index contributed by atoms with van der Waals surface area (Å²) < 4.78 is 1.03. The molecule has 2 aromatic carbocycles. The third kappa shape index (κ3) is 7.91. The Kier molecular flexibility index (Phi) is 8.96. The van der Waals surface area contributed by atoms with Crippen LogP contribution in [0, 0.1) is 13.7 Å². The highest BCUT2D eigenvalue weighted by Crippen LogP contribution is 2.17. The molecule has 0 fully saturated rings. The molecule has 8 nitrogen and oxygen atoms in total. The largest absolute Gasteiger partial charge is 0.387 e. The van der Waals surface area contributed by atoms with Gasteiger partial charge in [-0.3, -0.25) is 15.1 Å². The van der Waals surface area contributed by atoms with Crippen molar-refractivity contribution >= 4 is 34.0 Å². The number of benzene rings is 2. The van der Waals surface area contributed by atoms with Gasteiger partial charge in [0.05, 0.1) is 11.0 Å². The quantitative estimate of drug-likeness (QED) is 0.124. The molecular weight excluding hydrogens is 521 g/mol. The summed E-state index contributed by atoms with van der Waals surface area (Å²) in [6.45, 7) is 1.16. The van der Waals surface area contributed by atoms with Gasteiger partial charge in [0.25, 0.3) is 6.20 Å². The molecule has 0 amide bonds. The summed E-state index contributed by atoms with van der Waals surface area (Å²) in [5.74, 6) is 0.274. The van der Waals surface area contributed by atoms with Crippen LogP contribution in [-0.2, 0) is 6.42 Å².